The lowest BCUT2D eigenvalue weighted by atomic mass is 11.8. The zero-order valence-corrected chi connectivity index (χ0v) is 8.79. The van der Waals surface area contributed by atoms with Gasteiger partial charge in [-0.25, -0.2) is 8.42 Å². The normalized spacial score (nSPS) is 14.2. The maximum Gasteiger partial charge on any atom is 0.295 e. The molecule has 0 atom stereocenters. The molecule has 0 heterocycles. The predicted molar refractivity (Wildman–Crippen MR) is 44.7 cm³/mol. The summed E-state index contributed by atoms with van der Waals surface area (Å²) in [4.78, 5) is 0. The van der Waals surface area contributed by atoms with Gasteiger partial charge in [0.25, 0.3) is 3.12 Å². The summed E-state index contributed by atoms with van der Waals surface area (Å²) in [5, 5.41) is 0. The second-order valence-electron chi connectivity index (χ2n) is 1.25. The Bertz CT molecular complexity index is 200. The van der Waals surface area contributed by atoms with Gasteiger partial charge in [0, 0.05) is 0 Å². The molecule has 0 saturated carbocycles. The average molecular weight is 266 g/mol. The van der Waals surface area contributed by atoms with Crippen LogP contribution in [0.3, 0.4) is 0 Å². The van der Waals surface area contributed by atoms with Crippen LogP contribution in [-0.4, -0.2) is 15.7 Å². The van der Waals surface area contributed by atoms with E-state index in [9.17, 15) is 8.42 Å². The van der Waals surface area contributed by atoms with Crippen LogP contribution in [0.5, 0.6) is 0 Å². The molecule has 0 unspecified atom stereocenters. The van der Waals surface area contributed by atoms with Crippen LogP contribution in [0.15, 0.2) is 0 Å². The second-order valence-corrected chi connectivity index (χ2v) is 7.99. The van der Waals surface area contributed by atoms with Crippen LogP contribution in [0.4, 0.5) is 0 Å². The first-order valence-electron chi connectivity index (χ1n) is 1.78. The van der Waals surface area contributed by atoms with Gasteiger partial charge in [0.2, 0.25) is 14.0 Å². The van der Waals surface area contributed by atoms with E-state index in [2.05, 4.69) is 0 Å². The molecular formula is C2HCl5O2S. The number of hydrogen-bond acceptors (Lipinski definition) is 2. The summed E-state index contributed by atoms with van der Waals surface area (Å²) in [7, 11) is -4.09. The Labute approximate surface area is 83.2 Å². The van der Waals surface area contributed by atoms with Gasteiger partial charge < -0.3 is 0 Å². The van der Waals surface area contributed by atoms with E-state index in [4.69, 9.17) is 58.0 Å². The monoisotopic (exact) mass is 264 g/mol. The Balaban J connectivity index is 4.79. The van der Waals surface area contributed by atoms with Crippen LogP contribution in [-0.2, 0) is 9.84 Å². The molecule has 0 N–H and O–H groups in total. The van der Waals surface area contributed by atoms with Gasteiger partial charge in [0.15, 0.2) is 0 Å². The van der Waals surface area contributed by atoms with Crippen LogP contribution < -0.4 is 0 Å². The standard InChI is InChI=1S/C2HCl5O2S/c3-1(4)10(8,9)2(5,6)7/h1H. The minimum absolute atomic E-state index is 1.72. The average Bonchev–Trinajstić information content (AvgIpc) is 1.62. The van der Waals surface area contributed by atoms with E-state index >= 15 is 0 Å². The topological polar surface area (TPSA) is 34.1 Å². The molecule has 0 rings (SSSR count). The summed E-state index contributed by atoms with van der Waals surface area (Å²) in [6, 6.07) is 0. The Kier molecular flexibility index (Phi) is 3.89. The molecule has 10 heavy (non-hydrogen) atoms. The molecule has 0 aliphatic heterocycles. The Morgan fingerprint density at radius 2 is 1.40 bits per heavy atom. The van der Waals surface area contributed by atoms with Crippen LogP contribution in [0.2, 0.25) is 0 Å². The van der Waals surface area contributed by atoms with E-state index < -0.39 is 17.1 Å². The van der Waals surface area contributed by atoms with Crippen molar-refractivity contribution in [1.82, 2.24) is 0 Å². The van der Waals surface area contributed by atoms with Gasteiger partial charge in [-0.3, -0.25) is 0 Å². The van der Waals surface area contributed by atoms with Crippen molar-refractivity contribution in [2.24, 2.45) is 0 Å². The largest absolute Gasteiger partial charge is 0.295 e. The Morgan fingerprint density at radius 1 is 1.10 bits per heavy atom. The third-order valence-electron chi connectivity index (χ3n) is 0.557. The smallest absolute Gasteiger partial charge is 0.222 e. The lowest BCUT2D eigenvalue weighted by Crippen LogP contribution is -2.24. The van der Waals surface area contributed by atoms with Gasteiger partial charge in [-0.15, -0.1) is 0 Å². The third kappa shape index (κ3) is 2.47. The molecule has 0 aromatic carbocycles. The maximum absolute atomic E-state index is 10.7. The number of rotatable bonds is 1. The molecule has 8 heteroatoms. The molecule has 2 nitrogen and oxygen atoms in total. The Hall–Kier alpha value is 1.40. The van der Waals surface area contributed by atoms with Crippen molar-refractivity contribution in [3.63, 3.8) is 0 Å². The number of alkyl halides is 5. The number of sulfone groups is 1. The fraction of sp³-hybridized carbons (Fsp3) is 1.00. The van der Waals surface area contributed by atoms with Gasteiger partial charge in [-0.05, 0) is 0 Å². The quantitative estimate of drug-likeness (QED) is 0.683. The van der Waals surface area contributed by atoms with Crippen molar-refractivity contribution < 1.29 is 8.42 Å². The summed E-state index contributed by atoms with van der Waals surface area (Å²) in [5.41, 5.74) is 0. The van der Waals surface area contributed by atoms with Crippen molar-refractivity contribution in [2.45, 2.75) is 7.29 Å². The molecule has 0 aliphatic rings. The maximum atomic E-state index is 10.7. The van der Waals surface area contributed by atoms with Crippen molar-refractivity contribution in [1.29, 1.82) is 0 Å². The zero-order chi connectivity index (χ0) is 8.58. The van der Waals surface area contributed by atoms with E-state index in [1.165, 1.54) is 0 Å². The highest BCUT2D eigenvalue weighted by atomic mass is 35.6. The van der Waals surface area contributed by atoms with Crippen molar-refractivity contribution in [3.05, 3.63) is 0 Å². The van der Waals surface area contributed by atoms with E-state index in [1.807, 2.05) is 0 Å². The van der Waals surface area contributed by atoms with Crippen LogP contribution in [0.25, 0.3) is 0 Å². The summed E-state index contributed by atoms with van der Waals surface area (Å²) in [6.07, 6.45) is 0. The first kappa shape index (κ1) is 11.4. The van der Waals surface area contributed by atoms with Gasteiger partial charge in [-0.1, -0.05) is 58.0 Å². The van der Waals surface area contributed by atoms with Crippen LogP contribution in [0, 0.1) is 0 Å². The number of hydrogen-bond donors (Lipinski definition) is 0. The Morgan fingerprint density at radius 3 is 1.40 bits per heavy atom. The minimum Gasteiger partial charge on any atom is -0.222 e. The summed E-state index contributed by atoms with van der Waals surface area (Å²) in [6.45, 7) is 0. The summed E-state index contributed by atoms with van der Waals surface area (Å²) < 4.78 is 17.2. The van der Waals surface area contributed by atoms with E-state index in [-0.39, 0.29) is 0 Å². The molecule has 0 fully saturated rings. The van der Waals surface area contributed by atoms with Gasteiger partial charge >= 0.3 is 0 Å². The summed E-state index contributed by atoms with van der Waals surface area (Å²) in [5.74, 6) is 0. The molecule has 0 radical (unpaired) electrons. The molecule has 0 aliphatic carbocycles. The molecule has 0 aromatic heterocycles. The molecular weight excluding hydrogens is 265 g/mol. The molecule has 0 bridgehead atoms. The predicted octanol–water partition coefficient (Wildman–Crippen LogP) is 2.49. The molecule has 0 spiro atoms. The number of halogens is 5. The first-order valence-corrected chi connectivity index (χ1v) is 5.33. The molecule has 0 aromatic rings. The highest BCUT2D eigenvalue weighted by Gasteiger charge is 2.42. The zero-order valence-electron chi connectivity index (χ0n) is 4.19. The van der Waals surface area contributed by atoms with Crippen LogP contribution >= 0.6 is 58.0 Å². The lowest BCUT2D eigenvalue weighted by molar-refractivity contribution is 0.599. The molecule has 0 saturated heterocycles. The molecule has 0 amide bonds. The highest BCUT2D eigenvalue weighted by Crippen LogP contribution is 2.37. The summed E-state index contributed by atoms with van der Waals surface area (Å²) >= 11 is 24.9. The van der Waals surface area contributed by atoms with Crippen molar-refractivity contribution in [2.75, 3.05) is 0 Å². The van der Waals surface area contributed by atoms with Gasteiger partial charge in [0.1, 0.15) is 0 Å². The third-order valence-corrected chi connectivity index (χ3v) is 5.01. The van der Waals surface area contributed by atoms with Crippen molar-refractivity contribution >= 4 is 67.8 Å². The van der Waals surface area contributed by atoms with Crippen molar-refractivity contribution in [3.8, 4) is 0 Å². The van der Waals surface area contributed by atoms with Gasteiger partial charge in [-0.2, -0.15) is 0 Å². The first-order chi connectivity index (χ1) is 4.19. The highest BCUT2D eigenvalue weighted by molar-refractivity contribution is 8.00. The van der Waals surface area contributed by atoms with E-state index in [0.717, 1.165) is 0 Å². The molecule has 62 valence electrons. The fourth-order valence-electron chi connectivity index (χ4n) is 0.101. The second kappa shape index (κ2) is 3.42. The lowest BCUT2D eigenvalue weighted by Gasteiger charge is -2.11. The fourth-order valence-corrected chi connectivity index (χ4v) is 2.73. The minimum atomic E-state index is -4.09. The van der Waals surface area contributed by atoms with Gasteiger partial charge in [0.05, 0.1) is 0 Å². The SMILES string of the molecule is O=S(=O)(C(Cl)Cl)C(Cl)(Cl)Cl. The van der Waals surface area contributed by atoms with E-state index in [1.54, 1.807) is 0 Å². The van der Waals surface area contributed by atoms with E-state index in [0.29, 0.717) is 0 Å². The van der Waals surface area contributed by atoms with Crippen LogP contribution in [0.1, 0.15) is 0 Å².